The first-order valence-corrected chi connectivity index (χ1v) is 5.52. The van der Waals surface area contributed by atoms with Crippen molar-refractivity contribution in [3.63, 3.8) is 0 Å². The molecule has 1 heterocycles. The third kappa shape index (κ3) is 2.47. The highest BCUT2D eigenvalue weighted by molar-refractivity contribution is 5.98. The highest BCUT2D eigenvalue weighted by Crippen LogP contribution is 2.14. The van der Waals surface area contributed by atoms with E-state index in [1.807, 2.05) is 18.3 Å². The van der Waals surface area contributed by atoms with Crippen LogP contribution < -0.4 is 5.32 Å². The number of aromatic nitrogens is 1. The first kappa shape index (κ1) is 11.7. The van der Waals surface area contributed by atoms with E-state index in [4.69, 9.17) is 5.11 Å². The second kappa shape index (κ2) is 4.22. The molecule has 0 saturated heterocycles. The van der Waals surface area contributed by atoms with Crippen molar-refractivity contribution >= 4 is 16.8 Å². The fraction of sp³-hybridized carbons (Fsp3) is 0.308. The largest absolute Gasteiger partial charge is 0.394 e. The molecule has 0 spiro atoms. The lowest BCUT2D eigenvalue weighted by molar-refractivity contribution is 0.0869. The van der Waals surface area contributed by atoms with Gasteiger partial charge in [-0.3, -0.25) is 4.79 Å². The van der Waals surface area contributed by atoms with Crippen molar-refractivity contribution < 1.29 is 9.90 Å². The van der Waals surface area contributed by atoms with Crippen LogP contribution in [0.5, 0.6) is 0 Å². The van der Waals surface area contributed by atoms with E-state index in [0.717, 1.165) is 10.9 Å². The van der Waals surface area contributed by atoms with Gasteiger partial charge >= 0.3 is 0 Å². The Morgan fingerprint density at radius 3 is 2.88 bits per heavy atom. The van der Waals surface area contributed by atoms with Gasteiger partial charge in [0, 0.05) is 17.3 Å². The Labute approximate surface area is 99.7 Å². The molecule has 1 aromatic heterocycles. The zero-order valence-electron chi connectivity index (χ0n) is 9.95. The van der Waals surface area contributed by atoms with Crippen LogP contribution in [-0.4, -0.2) is 28.1 Å². The lowest BCUT2D eigenvalue weighted by atomic mass is 10.1. The number of aliphatic hydroxyl groups excluding tert-OH is 1. The molecule has 4 heteroatoms. The summed E-state index contributed by atoms with van der Waals surface area (Å²) in [5.74, 6) is -0.180. The van der Waals surface area contributed by atoms with E-state index in [9.17, 15) is 4.79 Å². The summed E-state index contributed by atoms with van der Waals surface area (Å²) in [6.07, 6.45) is 1.84. The maximum Gasteiger partial charge on any atom is 0.251 e. The number of carbonyl (C=O) groups is 1. The number of hydrogen-bond donors (Lipinski definition) is 3. The molecule has 0 saturated carbocycles. The lowest BCUT2D eigenvalue weighted by Gasteiger charge is -2.23. The number of fused-ring (bicyclic) bond motifs is 1. The standard InChI is InChI=1S/C13H16N2O2/c1-13(2,8-16)15-12(17)10-4-3-9-5-6-14-11(9)7-10/h3-7,14,16H,8H2,1-2H3,(H,15,17). The van der Waals surface area contributed by atoms with Gasteiger partial charge in [0.1, 0.15) is 0 Å². The van der Waals surface area contributed by atoms with Gasteiger partial charge in [0.25, 0.3) is 5.91 Å². The summed E-state index contributed by atoms with van der Waals surface area (Å²) in [5.41, 5.74) is 0.905. The third-order valence-electron chi connectivity index (χ3n) is 2.66. The van der Waals surface area contributed by atoms with E-state index < -0.39 is 5.54 Å². The third-order valence-corrected chi connectivity index (χ3v) is 2.66. The number of H-pyrrole nitrogens is 1. The summed E-state index contributed by atoms with van der Waals surface area (Å²) >= 11 is 0. The molecule has 17 heavy (non-hydrogen) atoms. The molecule has 0 aliphatic carbocycles. The van der Waals surface area contributed by atoms with Gasteiger partial charge in [0.2, 0.25) is 0 Å². The lowest BCUT2D eigenvalue weighted by Crippen LogP contribution is -2.46. The molecule has 4 nitrogen and oxygen atoms in total. The summed E-state index contributed by atoms with van der Waals surface area (Å²) in [6.45, 7) is 3.46. The number of rotatable bonds is 3. The quantitative estimate of drug-likeness (QED) is 0.753. The fourth-order valence-electron chi connectivity index (χ4n) is 1.61. The normalized spacial score (nSPS) is 11.7. The number of aromatic amines is 1. The summed E-state index contributed by atoms with van der Waals surface area (Å²) < 4.78 is 0. The van der Waals surface area contributed by atoms with Gasteiger partial charge in [0.15, 0.2) is 0 Å². The van der Waals surface area contributed by atoms with E-state index in [2.05, 4.69) is 10.3 Å². The Morgan fingerprint density at radius 2 is 2.18 bits per heavy atom. The molecule has 0 unspecified atom stereocenters. The highest BCUT2D eigenvalue weighted by atomic mass is 16.3. The van der Waals surface area contributed by atoms with E-state index in [1.165, 1.54) is 0 Å². The monoisotopic (exact) mass is 232 g/mol. The molecule has 0 atom stereocenters. The summed E-state index contributed by atoms with van der Waals surface area (Å²) in [7, 11) is 0. The van der Waals surface area contributed by atoms with Crippen LogP contribution in [0.1, 0.15) is 24.2 Å². The Balaban J connectivity index is 2.24. The highest BCUT2D eigenvalue weighted by Gasteiger charge is 2.20. The smallest absolute Gasteiger partial charge is 0.251 e. The van der Waals surface area contributed by atoms with Crippen molar-refractivity contribution in [2.45, 2.75) is 19.4 Å². The molecule has 1 amide bonds. The van der Waals surface area contributed by atoms with Crippen LogP contribution in [0.2, 0.25) is 0 Å². The van der Waals surface area contributed by atoms with Gasteiger partial charge in [-0.2, -0.15) is 0 Å². The summed E-state index contributed by atoms with van der Waals surface area (Å²) in [4.78, 5) is 15.0. The average Bonchev–Trinajstić information content (AvgIpc) is 2.75. The van der Waals surface area contributed by atoms with E-state index in [1.54, 1.807) is 26.0 Å². The minimum absolute atomic E-state index is 0.0938. The second-order valence-corrected chi connectivity index (χ2v) is 4.78. The zero-order valence-corrected chi connectivity index (χ0v) is 9.95. The second-order valence-electron chi connectivity index (χ2n) is 4.78. The molecule has 0 bridgehead atoms. The van der Waals surface area contributed by atoms with E-state index in [-0.39, 0.29) is 12.5 Å². The fourth-order valence-corrected chi connectivity index (χ4v) is 1.61. The molecule has 0 aliphatic heterocycles. The SMILES string of the molecule is CC(C)(CO)NC(=O)c1ccc2cc[nH]c2c1. The minimum atomic E-state index is -0.609. The molecule has 0 fully saturated rings. The first-order chi connectivity index (χ1) is 8.02. The maximum absolute atomic E-state index is 11.9. The summed E-state index contributed by atoms with van der Waals surface area (Å²) in [6, 6.07) is 7.43. The van der Waals surface area contributed by atoms with Crippen molar-refractivity contribution in [2.75, 3.05) is 6.61 Å². The molecule has 0 aliphatic rings. The van der Waals surface area contributed by atoms with Crippen LogP contribution >= 0.6 is 0 Å². The van der Waals surface area contributed by atoms with E-state index in [0.29, 0.717) is 5.56 Å². The van der Waals surface area contributed by atoms with Gasteiger partial charge in [-0.05, 0) is 37.4 Å². The number of benzene rings is 1. The molecule has 3 N–H and O–H groups in total. The zero-order chi connectivity index (χ0) is 12.5. The maximum atomic E-state index is 11.9. The van der Waals surface area contributed by atoms with Crippen molar-refractivity contribution in [3.8, 4) is 0 Å². The Morgan fingerprint density at radius 1 is 1.41 bits per heavy atom. The van der Waals surface area contributed by atoms with Crippen LogP contribution in [0.4, 0.5) is 0 Å². The van der Waals surface area contributed by atoms with Crippen LogP contribution in [0.3, 0.4) is 0 Å². The number of hydrogen-bond acceptors (Lipinski definition) is 2. The van der Waals surface area contributed by atoms with Gasteiger partial charge in [-0.1, -0.05) is 6.07 Å². The Bertz CT molecular complexity index is 543. The molecule has 2 rings (SSSR count). The molecular weight excluding hydrogens is 216 g/mol. The van der Waals surface area contributed by atoms with Crippen LogP contribution in [0.25, 0.3) is 10.9 Å². The number of nitrogens with one attached hydrogen (secondary N) is 2. The van der Waals surface area contributed by atoms with Crippen molar-refractivity contribution in [2.24, 2.45) is 0 Å². The number of aliphatic hydroxyl groups is 1. The molecule has 2 aromatic rings. The molecule has 1 aromatic carbocycles. The van der Waals surface area contributed by atoms with Crippen molar-refractivity contribution in [1.29, 1.82) is 0 Å². The van der Waals surface area contributed by atoms with Gasteiger partial charge in [-0.25, -0.2) is 0 Å². The van der Waals surface area contributed by atoms with Crippen molar-refractivity contribution in [3.05, 3.63) is 36.0 Å². The summed E-state index contributed by atoms with van der Waals surface area (Å²) in [5, 5.41) is 13.0. The van der Waals surface area contributed by atoms with Gasteiger partial charge in [0.05, 0.1) is 12.1 Å². The average molecular weight is 232 g/mol. The van der Waals surface area contributed by atoms with E-state index >= 15 is 0 Å². The first-order valence-electron chi connectivity index (χ1n) is 5.52. The van der Waals surface area contributed by atoms with Crippen LogP contribution in [-0.2, 0) is 0 Å². The number of carbonyl (C=O) groups excluding carboxylic acids is 1. The van der Waals surface area contributed by atoms with Gasteiger partial charge < -0.3 is 15.4 Å². The van der Waals surface area contributed by atoms with Crippen LogP contribution in [0, 0.1) is 0 Å². The predicted molar refractivity (Wildman–Crippen MR) is 66.9 cm³/mol. The molecule has 0 radical (unpaired) electrons. The predicted octanol–water partition coefficient (Wildman–Crippen LogP) is 1.67. The molecule has 90 valence electrons. The Hall–Kier alpha value is -1.81. The molecular formula is C13H16N2O2. The minimum Gasteiger partial charge on any atom is -0.394 e. The topological polar surface area (TPSA) is 65.1 Å². The van der Waals surface area contributed by atoms with Gasteiger partial charge in [-0.15, -0.1) is 0 Å². The van der Waals surface area contributed by atoms with Crippen molar-refractivity contribution in [1.82, 2.24) is 10.3 Å². The number of amides is 1. The Kier molecular flexibility index (Phi) is 2.90. The van der Waals surface area contributed by atoms with Crippen LogP contribution in [0.15, 0.2) is 30.5 Å².